The van der Waals surface area contributed by atoms with Gasteiger partial charge in [-0.05, 0) is 12.1 Å². The van der Waals surface area contributed by atoms with Crippen molar-refractivity contribution in [2.45, 2.75) is 18.0 Å². The number of nitrogens with two attached hydrogens (primary N) is 1. The minimum Gasteiger partial charge on any atom is -0.543 e. The number of nitrogens with zero attached hydrogens (tertiary/aromatic N) is 4. The lowest BCUT2D eigenvalue weighted by molar-refractivity contribution is -0.669. The van der Waals surface area contributed by atoms with Crippen LogP contribution in [-0.4, -0.2) is 57.8 Å². The monoisotopic (exact) mass is 498 g/mol. The summed E-state index contributed by atoms with van der Waals surface area (Å²) in [5.74, 6) is -2.57. The summed E-state index contributed by atoms with van der Waals surface area (Å²) in [7, 11) is 1.24. The summed E-state index contributed by atoms with van der Waals surface area (Å²) in [6, 6.07) is 5.78. The molecule has 180 valence electrons. The first-order valence-corrected chi connectivity index (χ1v) is 11.3. The molecule has 3 aromatic heterocycles. The molecule has 3 N–H and O–H groups in total. The third-order valence-corrected chi connectivity index (χ3v) is 6.87. The maximum atomic E-state index is 13.0. The Balaban J connectivity index is 1.38. The van der Waals surface area contributed by atoms with E-state index in [1.54, 1.807) is 23.1 Å². The van der Waals surface area contributed by atoms with Crippen molar-refractivity contribution in [1.29, 1.82) is 0 Å². The first-order valence-electron chi connectivity index (χ1n) is 10.3. The van der Waals surface area contributed by atoms with Gasteiger partial charge >= 0.3 is 5.71 Å². The molecule has 0 bridgehead atoms. The van der Waals surface area contributed by atoms with Gasteiger partial charge in [-0.25, -0.2) is 0 Å². The van der Waals surface area contributed by atoms with Crippen LogP contribution in [0.2, 0.25) is 0 Å². The van der Waals surface area contributed by atoms with Gasteiger partial charge in [0.1, 0.15) is 24.2 Å². The average Bonchev–Trinajstić information content (AvgIpc) is 3.49. The van der Waals surface area contributed by atoms with E-state index in [1.165, 1.54) is 24.9 Å². The average molecular weight is 498 g/mol. The van der Waals surface area contributed by atoms with Crippen LogP contribution < -0.4 is 20.7 Å². The first kappa shape index (κ1) is 22.5. The fourth-order valence-electron chi connectivity index (χ4n) is 4.02. The number of aliphatic carboxylic acids is 1. The van der Waals surface area contributed by atoms with Crippen molar-refractivity contribution in [1.82, 2.24) is 15.4 Å². The highest BCUT2D eigenvalue weighted by Crippen LogP contribution is 2.40. The zero-order valence-electron chi connectivity index (χ0n) is 18.2. The number of nitrogens with one attached hydrogen (secondary N) is 1. The number of β-lactam (4-membered cyclic amide) rings is 1. The quantitative estimate of drug-likeness (QED) is 0.173. The Hall–Kier alpha value is -4.33. The van der Waals surface area contributed by atoms with Crippen LogP contribution in [0.1, 0.15) is 5.69 Å². The van der Waals surface area contributed by atoms with E-state index in [9.17, 15) is 19.5 Å². The molecule has 2 aliphatic rings. The molecule has 1 saturated heterocycles. The van der Waals surface area contributed by atoms with Crippen LogP contribution in [-0.2, 0) is 25.8 Å². The fourth-order valence-corrected chi connectivity index (χ4v) is 5.35. The maximum absolute atomic E-state index is 13.0. The van der Waals surface area contributed by atoms with Crippen LogP contribution in [0.5, 0.6) is 0 Å². The number of thioether (sulfide) groups is 1. The van der Waals surface area contributed by atoms with Crippen molar-refractivity contribution in [3.63, 3.8) is 0 Å². The van der Waals surface area contributed by atoms with Crippen LogP contribution in [0, 0.1) is 0 Å². The molecule has 5 heterocycles. The minimum absolute atomic E-state index is 0.0171. The molecule has 1 unspecified atom stereocenters. The molecule has 5 rings (SSSR count). The Kier molecular flexibility index (Phi) is 5.64. The number of oxime groups is 1. The number of carbonyl (C=O) groups excluding carboxylic acids is 3. The van der Waals surface area contributed by atoms with Crippen molar-refractivity contribution in [3.05, 3.63) is 53.7 Å². The van der Waals surface area contributed by atoms with Gasteiger partial charge in [0, 0.05) is 23.5 Å². The second-order valence-corrected chi connectivity index (χ2v) is 8.76. The molecule has 3 aromatic rings. The van der Waals surface area contributed by atoms with E-state index >= 15 is 0 Å². The van der Waals surface area contributed by atoms with Gasteiger partial charge in [0.15, 0.2) is 18.5 Å². The van der Waals surface area contributed by atoms with Gasteiger partial charge in [-0.15, -0.1) is 11.8 Å². The molecular weight excluding hydrogens is 480 g/mol. The number of carboxylic acid groups (broad SMARTS) is 1. The number of nitrogen functional groups attached to an aromatic ring is 1. The van der Waals surface area contributed by atoms with Gasteiger partial charge < -0.3 is 34.7 Å². The van der Waals surface area contributed by atoms with E-state index in [0.717, 1.165) is 10.3 Å². The molecule has 0 spiro atoms. The van der Waals surface area contributed by atoms with Crippen LogP contribution >= 0.6 is 11.8 Å². The Labute approximate surface area is 201 Å². The SMILES string of the molecule is CO/N=C(\C(=O)NC1C(=O)N2C(C(=O)[O-])=C(C[n+]3cccc4ccoc43)CS[C@H]12)c1cc(N)on1. The van der Waals surface area contributed by atoms with Crippen LogP contribution in [0.25, 0.3) is 11.1 Å². The number of rotatable bonds is 7. The highest BCUT2D eigenvalue weighted by molar-refractivity contribution is 8.00. The Bertz CT molecular complexity index is 1410. The van der Waals surface area contributed by atoms with Gasteiger partial charge in [0.25, 0.3) is 11.8 Å². The summed E-state index contributed by atoms with van der Waals surface area (Å²) < 4.78 is 12.0. The normalized spacial score (nSPS) is 20.0. The zero-order chi connectivity index (χ0) is 24.7. The van der Waals surface area contributed by atoms with Crippen molar-refractivity contribution in [2.75, 3.05) is 18.6 Å². The fraction of sp³-hybridized carbons (Fsp3) is 0.238. The van der Waals surface area contributed by atoms with E-state index in [4.69, 9.17) is 19.5 Å². The predicted molar refractivity (Wildman–Crippen MR) is 118 cm³/mol. The highest BCUT2D eigenvalue weighted by atomic mass is 32.2. The van der Waals surface area contributed by atoms with E-state index in [0.29, 0.717) is 17.0 Å². The van der Waals surface area contributed by atoms with E-state index in [2.05, 4.69) is 15.6 Å². The van der Waals surface area contributed by atoms with Crippen LogP contribution in [0.4, 0.5) is 5.88 Å². The molecule has 35 heavy (non-hydrogen) atoms. The van der Waals surface area contributed by atoms with Crippen molar-refractivity contribution >= 4 is 52.2 Å². The highest BCUT2D eigenvalue weighted by Gasteiger charge is 2.53. The molecule has 2 atom stereocenters. The van der Waals surface area contributed by atoms with Crippen LogP contribution in [0.15, 0.2) is 62.1 Å². The van der Waals surface area contributed by atoms with E-state index in [-0.39, 0.29) is 29.5 Å². The second-order valence-electron chi connectivity index (χ2n) is 7.65. The lowest BCUT2D eigenvalue weighted by Gasteiger charge is -2.50. The summed E-state index contributed by atoms with van der Waals surface area (Å²) in [4.78, 5) is 43.7. The molecular formula is C21H18N6O7S. The van der Waals surface area contributed by atoms with E-state index in [1.807, 2.05) is 12.1 Å². The molecule has 0 aromatic carbocycles. The molecule has 14 heteroatoms. The number of hydrogen-bond acceptors (Lipinski definition) is 11. The molecule has 1 fully saturated rings. The minimum atomic E-state index is -1.48. The Morgan fingerprint density at radius 3 is 3.00 bits per heavy atom. The number of carboxylic acids is 1. The number of anilines is 1. The molecule has 13 nitrogen and oxygen atoms in total. The maximum Gasteiger partial charge on any atom is 0.380 e. The first-order chi connectivity index (χ1) is 16.9. The molecule has 0 aliphatic carbocycles. The third-order valence-electron chi connectivity index (χ3n) is 5.53. The largest absolute Gasteiger partial charge is 0.543 e. The van der Waals surface area contributed by atoms with Crippen molar-refractivity contribution in [3.8, 4) is 0 Å². The summed E-state index contributed by atoms with van der Waals surface area (Å²) >= 11 is 1.32. The van der Waals surface area contributed by atoms with Gasteiger partial charge in [-0.3, -0.25) is 14.5 Å². The van der Waals surface area contributed by atoms with E-state index < -0.39 is 29.2 Å². The number of fused-ring (bicyclic) bond motifs is 2. The van der Waals surface area contributed by atoms with Gasteiger partial charge in [-0.2, -0.15) is 4.57 Å². The van der Waals surface area contributed by atoms with Gasteiger partial charge in [-0.1, -0.05) is 10.3 Å². The van der Waals surface area contributed by atoms with Crippen molar-refractivity contribution in [2.24, 2.45) is 5.16 Å². The molecule has 2 amide bonds. The molecule has 0 saturated carbocycles. The second kappa shape index (κ2) is 8.79. The Morgan fingerprint density at radius 1 is 1.46 bits per heavy atom. The van der Waals surface area contributed by atoms with Gasteiger partial charge in [0.2, 0.25) is 5.88 Å². The van der Waals surface area contributed by atoms with Crippen molar-refractivity contribution < 1.29 is 37.8 Å². The summed E-state index contributed by atoms with van der Waals surface area (Å²) in [6.45, 7) is 0.187. The smallest absolute Gasteiger partial charge is 0.380 e. The summed E-state index contributed by atoms with van der Waals surface area (Å²) in [5, 5.41) is 22.1. The zero-order valence-corrected chi connectivity index (χ0v) is 19.0. The number of aromatic nitrogens is 2. The molecule has 0 radical (unpaired) electrons. The number of amides is 2. The molecule has 2 aliphatic heterocycles. The third kappa shape index (κ3) is 3.86. The van der Waals surface area contributed by atoms with Crippen LogP contribution in [0.3, 0.4) is 0 Å². The summed E-state index contributed by atoms with van der Waals surface area (Å²) in [5.41, 5.74) is 6.11. The standard InChI is InChI=1S/C21H18N6O7S/c1-32-25-14(12-7-13(22)34-24-12)17(28)23-15-18(29)27-16(21(30)31)11(9-35-20(15)27)8-26-5-2-3-10-4-6-33-19(10)26/h2-7,15,20H,8-9H2,1H3,(H3-,22,23,24,28,30,31)/b25-14-/t15?,20-/m1/s1. The predicted octanol–water partition coefficient (Wildman–Crippen LogP) is -1.25. The number of carbonyl (C=O) groups is 3. The summed E-state index contributed by atoms with van der Waals surface area (Å²) in [6.07, 6.45) is 3.30. The Morgan fingerprint density at radius 2 is 2.29 bits per heavy atom. The topological polar surface area (TPSA) is 180 Å². The number of hydrogen-bond donors (Lipinski definition) is 2. The van der Waals surface area contributed by atoms with Gasteiger partial charge in [0.05, 0.1) is 23.3 Å². The lowest BCUT2D eigenvalue weighted by Crippen LogP contribution is -2.71. The lowest BCUT2D eigenvalue weighted by atomic mass is 10.0. The number of furan rings is 1. The number of pyridine rings is 1.